The molecule has 0 atom stereocenters. The Morgan fingerprint density at radius 2 is 1.70 bits per heavy atom. The Labute approximate surface area is 239 Å². The molecule has 0 aliphatic heterocycles. The number of ether oxygens (including phenoxy) is 1. The maximum Gasteiger partial charge on any atom is 0.264 e. The first-order valence-corrected chi connectivity index (χ1v) is 15.4. The van der Waals surface area contributed by atoms with Crippen LogP contribution in [0, 0.1) is 13.8 Å². The number of para-hydroxylation sites is 1. The molecule has 0 saturated carbocycles. The van der Waals surface area contributed by atoms with Crippen molar-refractivity contribution < 1.29 is 17.9 Å². The lowest BCUT2D eigenvalue weighted by atomic mass is 10.2. The van der Waals surface area contributed by atoms with Gasteiger partial charge in [0.05, 0.1) is 23.4 Å². The Bertz CT molecular complexity index is 1580. The summed E-state index contributed by atoms with van der Waals surface area (Å²) in [5.41, 5.74) is 6.69. The van der Waals surface area contributed by atoms with E-state index in [4.69, 9.17) is 4.74 Å². The molecule has 8 nitrogen and oxygen atoms in total. The van der Waals surface area contributed by atoms with E-state index in [1.165, 1.54) is 11.8 Å². The van der Waals surface area contributed by atoms with Gasteiger partial charge in [0, 0.05) is 27.5 Å². The highest BCUT2D eigenvalue weighted by Crippen LogP contribution is 2.27. The summed E-state index contributed by atoms with van der Waals surface area (Å²) >= 11 is 1.52. The SMILES string of the molecule is CCOc1ccc(N(CC(=O)N/N=C\c2cc(C)n(-c3ccccc3)c2C)S(=O)(=O)c2ccc(SC)cc2)cc1. The normalized spacial score (nSPS) is 11.5. The molecule has 0 radical (unpaired) electrons. The van der Waals surface area contributed by atoms with Crippen LogP contribution in [-0.2, 0) is 14.8 Å². The third-order valence-electron chi connectivity index (χ3n) is 6.25. The molecule has 3 aromatic carbocycles. The molecular formula is C30H32N4O4S2. The number of amides is 1. The molecule has 4 rings (SSSR count). The van der Waals surface area contributed by atoms with E-state index in [1.807, 2.05) is 63.4 Å². The maximum absolute atomic E-state index is 13.7. The van der Waals surface area contributed by atoms with Crippen LogP contribution in [0.5, 0.6) is 5.75 Å². The second-order valence-electron chi connectivity index (χ2n) is 8.90. The van der Waals surface area contributed by atoms with E-state index in [0.29, 0.717) is 18.0 Å². The smallest absolute Gasteiger partial charge is 0.264 e. The van der Waals surface area contributed by atoms with Gasteiger partial charge < -0.3 is 9.30 Å². The zero-order valence-electron chi connectivity index (χ0n) is 22.9. The van der Waals surface area contributed by atoms with Gasteiger partial charge in [0.1, 0.15) is 12.3 Å². The van der Waals surface area contributed by atoms with Gasteiger partial charge >= 0.3 is 0 Å². The maximum atomic E-state index is 13.7. The van der Waals surface area contributed by atoms with Crippen molar-refractivity contribution in [3.05, 3.63) is 102 Å². The Balaban J connectivity index is 1.56. The predicted octanol–water partition coefficient (Wildman–Crippen LogP) is 5.56. The first-order chi connectivity index (χ1) is 19.2. The molecule has 10 heteroatoms. The van der Waals surface area contributed by atoms with Crippen LogP contribution in [-0.4, -0.2) is 44.5 Å². The Morgan fingerprint density at radius 3 is 2.33 bits per heavy atom. The number of benzene rings is 3. The average molecular weight is 577 g/mol. The number of hydrazone groups is 1. The first-order valence-electron chi connectivity index (χ1n) is 12.7. The van der Waals surface area contributed by atoms with Crippen molar-refractivity contribution in [2.75, 3.05) is 23.7 Å². The fourth-order valence-corrected chi connectivity index (χ4v) is 6.13. The van der Waals surface area contributed by atoms with Gasteiger partial charge in [-0.15, -0.1) is 11.8 Å². The number of hydrogen-bond donors (Lipinski definition) is 1. The number of anilines is 1. The minimum absolute atomic E-state index is 0.0869. The molecule has 1 heterocycles. The van der Waals surface area contributed by atoms with Crippen LogP contribution in [0.3, 0.4) is 0 Å². The number of thioether (sulfide) groups is 1. The van der Waals surface area contributed by atoms with E-state index in [2.05, 4.69) is 15.1 Å². The van der Waals surface area contributed by atoms with Crippen LogP contribution in [0.1, 0.15) is 23.9 Å². The number of nitrogens with zero attached hydrogens (tertiary/aromatic N) is 3. The summed E-state index contributed by atoms with van der Waals surface area (Å²) in [5.74, 6) is 0.0291. The van der Waals surface area contributed by atoms with Crippen LogP contribution in [0.25, 0.3) is 5.69 Å². The van der Waals surface area contributed by atoms with Gasteiger partial charge in [0.15, 0.2) is 0 Å². The van der Waals surface area contributed by atoms with Gasteiger partial charge in [0.25, 0.3) is 15.9 Å². The van der Waals surface area contributed by atoms with E-state index in [9.17, 15) is 13.2 Å². The molecule has 1 N–H and O–H groups in total. The molecule has 0 unspecified atom stereocenters. The Hall–Kier alpha value is -4.02. The quantitative estimate of drug-likeness (QED) is 0.143. The molecule has 0 saturated heterocycles. The van der Waals surface area contributed by atoms with Crippen molar-refractivity contribution in [2.45, 2.75) is 30.6 Å². The van der Waals surface area contributed by atoms with Crippen molar-refractivity contribution in [3.63, 3.8) is 0 Å². The Kier molecular flexibility index (Phi) is 9.34. The number of rotatable bonds is 11. The minimum atomic E-state index is -4.05. The monoisotopic (exact) mass is 576 g/mol. The van der Waals surface area contributed by atoms with Gasteiger partial charge in [0.2, 0.25) is 0 Å². The molecule has 208 valence electrons. The number of carbonyl (C=O) groups excluding carboxylic acids is 1. The molecule has 0 aliphatic carbocycles. The summed E-state index contributed by atoms with van der Waals surface area (Å²) in [7, 11) is -4.05. The highest BCUT2D eigenvalue weighted by Gasteiger charge is 2.27. The summed E-state index contributed by atoms with van der Waals surface area (Å²) in [6.07, 6.45) is 3.48. The minimum Gasteiger partial charge on any atom is -0.494 e. The standard InChI is InChI=1S/C30H32N4O4S2/c1-5-38-27-13-11-25(12-14-27)33(40(36,37)29-17-15-28(39-4)16-18-29)21-30(35)32-31-20-24-19-22(2)34(23(24)3)26-9-7-6-8-10-26/h6-20H,5,21H2,1-4H3,(H,32,35)/b31-20-. The summed E-state index contributed by atoms with van der Waals surface area (Å²) in [6, 6.07) is 25.1. The number of sulfonamides is 1. The van der Waals surface area contributed by atoms with Crippen LogP contribution >= 0.6 is 11.8 Å². The lowest BCUT2D eigenvalue weighted by Crippen LogP contribution is -2.39. The number of carbonyl (C=O) groups is 1. The average Bonchev–Trinajstić information content (AvgIpc) is 3.25. The van der Waals surface area contributed by atoms with E-state index < -0.39 is 22.5 Å². The van der Waals surface area contributed by atoms with E-state index >= 15 is 0 Å². The summed E-state index contributed by atoms with van der Waals surface area (Å²) in [5, 5.41) is 4.13. The van der Waals surface area contributed by atoms with Crippen LogP contribution < -0.4 is 14.5 Å². The molecule has 0 bridgehead atoms. The molecule has 0 spiro atoms. The van der Waals surface area contributed by atoms with Gasteiger partial charge in [-0.05, 0) is 93.8 Å². The number of nitrogens with one attached hydrogen (secondary N) is 1. The third kappa shape index (κ3) is 6.57. The van der Waals surface area contributed by atoms with Crippen molar-refractivity contribution in [1.82, 2.24) is 9.99 Å². The zero-order chi connectivity index (χ0) is 28.7. The molecule has 40 heavy (non-hydrogen) atoms. The van der Waals surface area contributed by atoms with E-state index in [-0.39, 0.29) is 4.90 Å². The second-order valence-corrected chi connectivity index (χ2v) is 11.6. The van der Waals surface area contributed by atoms with E-state index in [1.54, 1.807) is 54.7 Å². The molecule has 1 amide bonds. The van der Waals surface area contributed by atoms with Crippen molar-refractivity contribution >= 4 is 39.6 Å². The molecule has 4 aromatic rings. The van der Waals surface area contributed by atoms with E-state index in [0.717, 1.165) is 31.8 Å². The summed E-state index contributed by atoms with van der Waals surface area (Å²) in [4.78, 5) is 14.0. The Morgan fingerprint density at radius 1 is 1.02 bits per heavy atom. The van der Waals surface area contributed by atoms with Crippen molar-refractivity contribution in [1.29, 1.82) is 0 Å². The third-order valence-corrected chi connectivity index (χ3v) is 8.78. The van der Waals surface area contributed by atoms with Crippen LogP contribution in [0.15, 0.2) is 99.8 Å². The van der Waals surface area contributed by atoms with Gasteiger partial charge in [-0.1, -0.05) is 18.2 Å². The first kappa shape index (κ1) is 29.0. The number of hydrogen-bond acceptors (Lipinski definition) is 6. The number of aromatic nitrogens is 1. The highest BCUT2D eigenvalue weighted by atomic mass is 32.2. The zero-order valence-corrected chi connectivity index (χ0v) is 24.5. The van der Waals surface area contributed by atoms with Gasteiger partial charge in [-0.25, -0.2) is 13.8 Å². The molecule has 1 aromatic heterocycles. The second kappa shape index (κ2) is 12.9. The largest absolute Gasteiger partial charge is 0.494 e. The lowest BCUT2D eigenvalue weighted by molar-refractivity contribution is -0.119. The fraction of sp³-hybridized carbons (Fsp3) is 0.200. The van der Waals surface area contributed by atoms with Crippen molar-refractivity contribution in [2.24, 2.45) is 5.10 Å². The number of aryl methyl sites for hydroxylation is 1. The van der Waals surface area contributed by atoms with Crippen molar-refractivity contribution in [3.8, 4) is 11.4 Å². The highest BCUT2D eigenvalue weighted by molar-refractivity contribution is 7.98. The topological polar surface area (TPSA) is 93.0 Å². The summed E-state index contributed by atoms with van der Waals surface area (Å²) in [6.45, 7) is 5.87. The molecular weight excluding hydrogens is 544 g/mol. The predicted molar refractivity (Wildman–Crippen MR) is 161 cm³/mol. The molecule has 0 fully saturated rings. The fourth-order valence-electron chi connectivity index (χ4n) is 4.30. The molecule has 0 aliphatic rings. The van der Waals surface area contributed by atoms with Gasteiger partial charge in [-0.2, -0.15) is 5.10 Å². The van der Waals surface area contributed by atoms with Crippen LogP contribution in [0.2, 0.25) is 0 Å². The van der Waals surface area contributed by atoms with Gasteiger partial charge in [-0.3, -0.25) is 9.10 Å². The summed E-state index contributed by atoms with van der Waals surface area (Å²) < 4.78 is 36.0. The van der Waals surface area contributed by atoms with Crippen LogP contribution in [0.4, 0.5) is 5.69 Å². The lowest BCUT2D eigenvalue weighted by Gasteiger charge is -2.24.